The van der Waals surface area contributed by atoms with Crippen molar-refractivity contribution in [3.05, 3.63) is 33.1 Å². The summed E-state index contributed by atoms with van der Waals surface area (Å²) in [7, 11) is 0. The van der Waals surface area contributed by atoms with Gasteiger partial charge in [-0.3, -0.25) is 14.5 Å². The summed E-state index contributed by atoms with van der Waals surface area (Å²) in [6.07, 6.45) is 2.48. The van der Waals surface area contributed by atoms with Gasteiger partial charge in [-0.25, -0.2) is 0 Å². The first-order valence-corrected chi connectivity index (χ1v) is 9.33. The van der Waals surface area contributed by atoms with Gasteiger partial charge in [-0.15, -0.1) is 0 Å². The number of amides is 1. The number of hydrogen-bond donors (Lipinski definition) is 1. The average molecular weight is 430 g/mol. The molecule has 1 N–H and O–H groups in total. The van der Waals surface area contributed by atoms with Gasteiger partial charge in [0.25, 0.3) is 5.91 Å². The van der Waals surface area contributed by atoms with Crippen LogP contribution >= 0.6 is 39.9 Å². The quantitative estimate of drug-likeness (QED) is 0.523. The Morgan fingerprint density at radius 2 is 2.25 bits per heavy atom. The SMILES string of the molecule is CCCOc1ccc(Br)cc1/C=C1\SC(=S)N(CCC(=O)O)C1=O. The lowest BCUT2D eigenvalue weighted by Crippen LogP contribution is -2.30. The molecular weight excluding hydrogens is 414 g/mol. The maximum absolute atomic E-state index is 12.4. The first-order valence-electron chi connectivity index (χ1n) is 7.32. The number of carbonyl (C=O) groups excluding carboxylic acids is 1. The van der Waals surface area contributed by atoms with Crippen LogP contribution in [0.2, 0.25) is 0 Å². The highest BCUT2D eigenvalue weighted by Gasteiger charge is 2.32. The van der Waals surface area contributed by atoms with E-state index in [-0.39, 0.29) is 18.9 Å². The van der Waals surface area contributed by atoms with Crippen LogP contribution in [0.1, 0.15) is 25.3 Å². The van der Waals surface area contributed by atoms with Gasteiger partial charge in [0.2, 0.25) is 0 Å². The molecule has 0 aliphatic carbocycles. The molecule has 1 saturated heterocycles. The number of ether oxygens (including phenoxy) is 1. The monoisotopic (exact) mass is 429 g/mol. The third-order valence-corrected chi connectivity index (χ3v) is 5.01. The van der Waals surface area contributed by atoms with Gasteiger partial charge in [0, 0.05) is 16.6 Å². The molecule has 0 unspecified atom stereocenters. The van der Waals surface area contributed by atoms with E-state index in [4.69, 9.17) is 22.1 Å². The Morgan fingerprint density at radius 1 is 1.50 bits per heavy atom. The number of benzene rings is 1. The van der Waals surface area contributed by atoms with Crippen LogP contribution in [-0.4, -0.2) is 39.4 Å². The van der Waals surface area contributed by atoms with Gasteiger partial charge in [0.1, 0.15) is 10.1 Å². The highest BCUT2D eigenvalue weighted by Crippen LogP contribution is 2.35. The van der Waals surface area contributed by atoms with Crippen LogP contribution in [0, 0.1) is 0 Å². The minimum Gasteiger partial charge on any atom is -0.493 e. The zero-order valence-electron chi connectivity index (χ0n) is 13.0. The molecule has 1 aromatic carbocycles. The fraction of sp³-hybridized carbons (Fsp3) is 0.312. The number of thioether (sulfide) groups is 1. The summed E-state index contributed by atoms with van der Waals surface area (Å²) in [5.41, 5.74) is 0.775. The van der Waals surface area contributed by atoms with Crippen LogP contribution in [0.25, 0.3) is 6.08 Å². The van der Waals surface area contributed by atoms with Gasteiger partial charge in [0.05, 0.1) is 17.9 Å². The number of carbonyl (C=O) groups is 2. The van der Waals surface area contributed by atoms with E-state index in [1.807, 2.05) is 25.1 Å². The molecule has 0 atom stereocenters. The number of thiocarbonyl (C=S) groups is 1. The lowest BCUT2D eigenvalue weighted by Gasteiger charge is -2.12. The first-order chi connectivity index (χ1) is 11.4. The third kappa shape index (κ3) is 4.81. The molecule has 1 aromatic rings. The number of rotatable bonds is 7. The molecule has 1 amide bonds. The molecule has 0 saturated carbocycles. The number of carboxylic acid groups (broad SMARTS) is 1. The molecule has 1 heterocycles. The highest BCUT2D eigenvalue weighted by atomic mass is 79.9. The van der Waals surface area contributed by atoms with Crippen LogP contribution in [-0.2, 0) is 9.59 Å². The van der Waals surface area contributed by atoms with Crippen molar-refractivity contribution in [2.75, 3.05) is 13.2 Å². The summed E-state index contributed by atoms with van der Waals surface area (Å²) in [6.45, 7) is 2.68. The summed E-state index contributed by atoms with van der Waals surface area (Å²) in [6, 6.07) is 5.59. The van der Waals surface area contributed by atoms with Crippen molar-refractivity contribution in [2.24, 2.45) is 0 Å². The third-order valence-electron chi connectivity index (χ3n) is 3.14. The summed E-state index contributed by atoms with van der Waals surface area (Å²) in [4.78, 5) is 24.9. The Kier molecular flexibility index (Phi) is 6.82. The predicted molar refractivity (Wildman–Crippen MR) is 102 cm³/mol. The standard InChI is InChI=1S/C16H16BrNO4S2/c1-2-7-22-12-4-3-11(17)8-10(12)9-13-15(21)18(16(23)24-13)6-5-14(19)20/h3-4,8-9H,2,5-7H2,1H3,(H,19,20)/b13-9-. The van der Waals surface area contributed by atoms with E-state index >= 15 is 0 Å². The summed E-state index contributed by atoms with van der Waals surface area (Å²) in [5.74, 6) is -0.543. The van der Waals surface area contributed by atoms with Gasteiger partial charge >= 0.3 is 5.97 Å². The van der Waals surface area contributed by atoms with Gasteiger partial charge in [-0.1, -0.05) is 46.8 Å². The lowest BCUT2D eigenvalue weighted by atomic mass is 10.2. The van der Waals surface area contributed by atoms with E-state index in [2.05, 4.69) is 15.9 Å². The largest absolute Gasteiger partial charge is 0.493 e. The second kappa shape index (κ2) is 8.64. The Bertz CT molecular complexity index is 705. The van der Waals surface area contributed by atoms with E-state index in [0.29, 0.717) is 21.6 Å². The number of hydrogen-bond acceptors (Lipinski definition) is 5. The van der Waals surface area contributed by atoms with Gasteiger partial charge in [0.15, 0.2) is 0 Å². The van der Waals surface area contributed by atoms with E-state index < -0.39 is 5.97 Å². The summed E-state index contributed by atoms with van der Waals surface area (Å²) in [5, 5.41) is 8.77. The fourth-order valence-corrected chi connectivity index (χ4v) is 3.70. The number of aliphatic carboxylic acids is 1. The van der Waals surface area contributed by atoms with Gasteiger partial charge in [-0.2, -0.15) is 0 Å². The predicted octanol–water partition coefficient (Wildman–Crippen LogP) is 3.91. The molecule has 1 aliphatic rings. The number of halogens is 1. The Balaban J connectivity index is 2.25. The summed E-state index contributed by atoms with van der Waals surface area (Å²) < 4.78 is 6.96. The molecule has 8 heteroatoms. The molecule has 1 aliphatic heterocycles. The minimum atomic E-state index is -0.963. The van der Waals surface area contributed by atoms with Crippen LogP contribution in [0.3, 0.4) is 0 Å². The van der Waals surface area contributed by atoms with E-state index in [1.54, 1.807) is 6.08 Å². The Labute approximate surface area is 158 Å². The lowest BCUT2D eigenvalue weighted by molar-refractivity contribution is -0.137. The molecular formula is C16H16BrNO4S2. The molecule has 24 heavy (non-hydrogen) atoms. The molecule has 0 radical (unpaired) electrons. The molecule has 0 aromatic heterocycles. The van der Waals surface area contributed by atoms with Crippen molar-refractivity contribution in [3.63, 3.8) is 0 Å². The normalized spacial score (nSPS) is 16.1. The van der Waals surface area contributed by atoms with E-state index in [9.17, 15) is 9.59 Å². The van der Waals surface area contributed by atoms with Crippen LogP contribution in [0.4, 0.5) is 0 Å². The fourth-order valence-electron chi connectivity index (χ4n) is 2.02. The second-order valence-corrected chi connectivity index (χ2v) is 7.60. The smallest absolute Gasteiger partial charge is 0.305 e. The zero-order valence-corrected chi connectivity index (χ0v) is 16.2. The molecule has 2 rings (SSSR count). The molecule has 0 bridgehead atoms. The second-order valence-electron chi connectivity index (χ2n) is 5.01. The van der Waals surface area contributed by atoms with Gasteiger partial charge < -0.3 is 9.84 Å². The van der Waals surface area contributed by atoms with Crippen LogP contribution in [0.5, 0.6) is 5.75 Å². The first kappa shape index (κ1) is 19.0. The molecule has 1 fully saturated rings. The Hall–Kier alpha value is -1.38. The van der Waals surface area contributed by atoms with Crippen LogP contribution in [0.15, 0.2) is 27.6 Å². The number of carboxylic acids is 1. The summed E-state index contributed by atoms with van der Waals surface area (Å²) >= 11 is 9.77. The van der Waals surface area contributed by atoms with Crippen molar-refractivity contribution in [1.29, 1.82) is 0 Å². The van der Waals surface area contributed by atoms with Crippen molar-refractivity contribution in [3.8, 4) is 5.75 Å². The molecule has 128 valence electrons. The molecule has 0 spiro atoms. The van der Waals surface area contributed by atoms with Crippen molar-refractivity contribution in [2.45, 2.75) is 19.8 Å². The van der Waals surface area contributed by atoms with Crippen molar-refractivity contribution >= 4 is 62.2 Å². The van der Waals surface area contributed by atoms with Gasteiger partial charge in [-0.05, 0) is 30.7 Å². The van der Waals surface area contributed by atoms with E-state index in [1.165, 1.54) is 16.7 Å². The maximum atomic E-state index is 12.4. The highest BCUT2D eigenvalue weighted by molar-refractivity contribution is 9.10. The average Bonchev–Trinajstić information content (AvgIpc) is 2.78. The number of nitrogens with zero attached hydrogens (tertiary/aromatic N) is 1. The van der Waals surface area contributed by atoms with Crippen molar-refractivity contribution < 1.29 is 19.4 Å². The zero-order chi connectivity index (χ0) is 17.7. The minimum absolute atomic E-state index is 0.0784. The Morgan fingerprint density at radius 3 is 2.92 bits per heavy atom. The van der Waals surface area contributed by atoms with Crippen LogP contribution < -0.4 is 4.74 Å². The maximum Gasteiger partial charge on any atom is 0.305 e. The van der Waals surface area contributed by atoms with Crippen molar-refractivity contribution in [1.82, 2.24) is 4.90 Å². The topological polar surface area (TPSA) is 66.8 Å². The van der Waals surface area contributed by atoms with E-state index in [0.717, 1.165) is 16.5 Å². The molecule has 5 nitrogen and oxygen atoms in total.